The molecule has 1 aromatic heterocycles. The summed E-state index contributed by atoms with van der Waals surface area (Å²) in [7, 11) is 0. The predicted molar refractivity (Wildman–Crippen MR) is 59.1 cm³/mol. The Balaban J connectivity index is 2.49. The number of nitrogens with zero attached hydrogens (tertiary/aromatic N) is 2. The smallest absolute Gasteiger partial charge is 0.323 e. The number of anilines is 1. The Morgan fingerprint density at radius 3 is 2.81 bits per heavy atom. The van der Waals surface area contributed by atoms with E-state index in [1.807, 2.05) is 13.8 Å². The van der Waals surface area contributed by atoms with Gasteiger partial charge in [-0.05, 0) is 12.0 Å². The Labute approximate surface area is 94.0 Å². The molecule has 0 aliphatic carbocycles. The van der Waals surface area contributed by atoms with Crippen molar-refractivity contribution in [2.45, 2.75) is 26.5 Å². The van der Waals surface area contributed by atoms with E-state index < -0.39 is 12.0 Å². The van der Waals surface area contributed by atoms with Crippen LogP contribution in [0, 0.1) is 5.92 Å². The van der Waals surface area contributed by atoms with Gasteiger partial charge in [0.15, 0.2) is 0 Å². The van der Waals surface area contributed by atoms with E-state index in [-0.39, 0.29) is 18.5 Å². The second-order valence-electron chi connectivity index (χ2n) is 3.78. The summed E-state index contributed by atoms with van der Waals surface area (Å²) in [5.74, 6) is -0.239. The summed E-state index contributed by atoms with van der Waals surface area (Å²) >= 11 is 0. The van der Waals surface area contributed by atoms with Crippen molar-refractivity contribution >= 4 is 11.9 Å². The van der Waals surface area contributed by atoms with Gasteiger partial charge in [0.1, 0.15) is 12.6 Å². The number of nitrogen functional groups attached to an aromatic ring is 1. The molecular weight excluding hydrogens is 208 g/mol. The Morgan fingerprint density at radius 2 is 2.25 bits per heavy atom. The van der Waals surface area contributed by atoms with Crippen molar-refractivity contribution in [2.75, 3.05) is 5.73 Å². The van der Waals surface area contributed by atoms with Crippen molar-refractivity contribution in [1.82, 2.24) is 9.97 Å². The largest absolute Gasteiger partial charge is 0.458 e. The summed E-state index contributed by atoms with van der Waals surface area (Å²) < 4.78 is 5.00. The average Bonchev–Trinajstić information content (AvgIpc) is 2.24. The minimum absolute atomic E-state index is 0.0444. The maximum atomic E-state index is 11.4. The highest BCUT2D eigenvalue weighted by molar-refractivity contribution is 5.75. The van der Waals surface area contributed by atoms with Crippen LogP contribution in [0.15, 0.2) is 12.3 Å². The van der Waals surface area contributed by atoms with Crippen LogP contribution in [-0.4, -0.2) is 22.0 Å². The van der Waals surface area contributed by atoms with Gasteiger partial charge in [0, 0.05) is 6.20 Å². The lowest BCUT2D eigenvalue weighted by molar-refractivity contribution is -0.147. The minimum Gasteiger partial charge on any atom is -0.458 e. The molecule has 0 spiro atoms. The quantitative estimate of drug-likeness (QED) is 0.702. The fraction of sp³-hybridized carbons (Fsp3) is 0.500. The van der Waals surface area contributed by atoms with Crippen LogP contribution in [0.3, 0.4) is 0 Å². The molecular formula is C10H16N4O2. The van der Waals surface area contributed by atoms with E-state index in [9.17, 15) is 4.79 Å². The molecule has 4 N–H and O–H groups in total. The number of aromatic nitrogens is 2. The van der Waals surface area contributed by atoms with Crippen molar-refractivity contribution in [1.29, 1.82) is 0 Å². The third kappa shape index (κ3) is 3.47. The number of hydrogen-bond acceptors (Lipinski definition) is 6. The minimum atomic E-state index is -0.612. The van der Waals surface area contributed by atoms with Gasteiger partial charge >= 0.3 is 5.97 Å². The van der Waals surface area contributed by atoms with Crippen molar-refractivity contribution < 1.29 is 9.53 Å². The van der Waals surface area contributed by atoms with Gasteiger partial charge in [-0.3, -0.25) is 4.79 Å². The molecule has 0 aromatic carbocycles. The van der Waals surface area contributed by atoms with Gasteiger partial charge in [-0.2, -0.15) is 0 Å². The number of carbonyl (C=O) groups is 1. The molecule has 0 amide bonds. The van der Waals surface area contributed by atoms with Crippen LogP contribution in [0.4, 0.5) is 5.95 Å². The van der Waals surface area contributed by atoms with Crippen molar-refractivity contribution in [2.24, 2.45) is 11.7 Å². The zero-order valence-electron chi connectivity index (χ0n) is 9.38. The monoisotopic (exact) mass is 224 g/mol. The van der Waals surface area contributed by atoms with Crippen LogP contribution in [-0.2, 0) is 16.1 Å². The first-order valence-corrected chi connectivity index (χ1v) is 5.00. The Kier molecular flexibility index (Phi) is 4.19. The Bertz CT molecular complexity index is 368. The molecule has 1 heterocycles. The van der Waals surface area contributed by atoms with Gasteiger partial charge in [0.05, 0.1) is 5.69 Å². The molecule has 6 heteroatoms. The van der Waals surface area contributed by atoms with Gasteiger partial charge in [0.2, 0.25) is 5.95 Å². The van der Waals surface area contributed by atoms with Crippen LogP contribution in [0.5, 0.6) is 0 Å². The van der Waals surface area contributed by atoms with Gasteiger partial charge in [-0.15, -0.1) is 0 Å². The molecule has 0 radical (unpaired) electrons. The van der Waals surface area contributed by atoms with Gasteiger partial charge < -0.3 is 16.2 Å². The van der Waals surface area contributed by atoms with E-state index in [0.717, 1.165) is 0 Å². The number of esters is 1. The first kappa shape index (κ1) is 12.4. The second-order valence-corrected chi connectivity index (χ2v) is 3.78. The highest BCUT2D eigenvalue weighted by atomic mass is 16.5. The van der Waals surface area contributed by atoms with E-state index in [4.69, 9.17) is 16.2 Å². The van der Waals surface area contributed by atoms with Crippen molar-refractivity contribution in [3.63, 3.8) is 0 Å². The average molecular weight is 224 g/mol. The number of nitrogens with two attached hydrogens (primary N) is 2. The number of rotatable bonds is 4. The standard InChI is InChI=1S/C10H16N4O2/c1-6(2)8(11)9(15)16-5-7-3-4-13-10(12)14-7/h3-4,6,8H,5,11H2,1-2H3,(H2,12,13,14)/t8-/m0/s1. The lowest BCUT2D eigenvalue weighted by Crippen LogP contribution is -2.36. The lowest BCUT2D eigenvalue weighted by Gasteiger charge is -2.14. The molecule has 0 aliphatic heterocycles. The summed E-state index contributed by atoms with van der Waals surface area (Å²) in [4.78, 5) is 19.1. The van der Waals surface area contributed by atoms with Gasteiger partial charge in [-0.1, -0.05) is 13.8 Å². The second kappa shape index (κ2) is 5.41. The van der Waals surface area contributed by atoms with E-state index in [1.165, 1.54) is 6.20 Å². The van der Waals surface area contributed by atoms with E-state index in [0.29, 0.717) is 5.69 Å². The number of carbonyl (C=O) groups excluding carboxylic acids is 1. The maximum absolute atomic E-state index is 11.4. The summed E-state index contributed by atoms with van der Waals surface area (Å²) in [6, 6.07) is 1.02. The molecule has 0 fully saturated rings. The van der Waals surface area contributed by atoms with Gasteiger partial charge in [-0.25, -0.2) is 9.97 Å². The van der Waals surface area contributed by atoms with E-state index in [2.05, 4.69) is 9.97 Å². The van der Waals surface area contributed by atoms with Crippen LogP contribution in [0.1, 0.15) is 19.5 Å². The fourth-order valence-electron chi connectivity index (χ4n) is 1.01. The van der Waals surface area contributed by atoms with Crippen molar-refractivity contribution in [3.05, 3.63) is 18.0 Å². The first-order chi connectivity index (χ1) is 7.50. The zero-order valence-corrected chi connectivity index (χ0v) is 9.38. The summed E-state index contributed by atoms with van der Waals surface area (Å²) in [6.07, 6.45) is 1.51. The molecule has 1 aromatic rings. The third-order valence-corrected chi connectivity index (χ3v) is 2.08. The van der Waals surface area contributed by atoms with Crippen molar-refractivity contribution in [3.8, 4) is 0 Å². The molecule has 0 saturated heterocycles. The predicted octanol–water partition coefficient (Wildman–Crippen LogP) is 0.0853. The molecule has 0 saturated carbocycles. The summed E-state index contributed by atoms with van der Waals surface area (Å²) in [5, 5.41) is 0. The van der Waals surface area contributed by atoms with Crippen LogP contribution in [0.25, 0.3) is 0 Å². The normalized spacial score (nSPS) is 12.5. The molecule has 6 nitrogen and oxygen atoms in total. The highest BCUT2D eigenvalue weighted by Crippen LogP contribution is 2.04. The molecule has 0 unspecified atom stereocenters. The fourth-order valence-corrected chi connectivity index (χ4v) is 1.01. The van der Waals surface area contributed by atoms with Gasteiger partial charge in [0.25, 0.3) is 0 Å². The Morgan fingerprint density at radius 1 is 1.56 bits per heavy atom. The molecule has 88 valence electrons. The van der Waals surface area contributed by atoms with Crippen LogP contribution < -0.4 is 11.5 Å². The third-order valence-electron chi connectivity index (χ3n) is 2.08. The van der Waals surface area contributed by atoms with Crippen LogP contribution >= 0.6 is 0 Å². The van der Waals surface area contributed by atoms with Crippen LogP contribution in [0.2, 0.25) is 0 Å². The molecule has 16 heavy (non-hydrogen) atoms. The molecule has 0 bridgehead atoms. The van der Waals surface area contributed by atoms with E-state index >= 15 is 0 Å². The Hall–Kier alpha value is -1.69. The molecule has 1 atom stereocenters. The maximum Gasteiger partial charge on any atom is 0.323 e. The number of hydrogen-bond donors (Lipinski definition) is 2. The topological polar surface area (TPSA) is 104 Å². The lowest BCUT2D eigenvalue weighted by atomic mass is 10.1. The highest BCUT2D eigenvalue weighted by Gasteiger charge is 2.18. The SMILES string of the molecule is CC(C)[C@H](N)C(=O)OCc1ccnc(N)n1. The molecule has 0 aliphatic rings. The number of ether oxygens (including phenoxy) is 1. The van der Waals surface area contributed by atoms with E-state index in [1.54, 1.807) is 6.07 Å². The first-order valence-electron chi connectivity index (χ1n) is 5.00. The summed E-state index contributed by atoms with van der Waals surface area (Å²) in [5.41, 5.74) is 11.6. The summed E-state index contributed by atoms with van der Waals surface area (Å²) in [6.45, 7) is 3.77. The zero-order chi connectivity index (χ0) is 12.1. The molecule has 1 rings (SSSR count).